The molecular formula is C23H26N4O2. The van der Waals surface area contributed by atoms with Gasteiger partial charge in [0, 0.05) is 37.3 Å². The summed E-state index contributed by atoms with van der Waals surface area (Å²) in [6, 6.07) is 11.4. The normalized spacial score (nSPS) is 19.4. The van der Waals surface area contributed by atoms with Gasteiger partial charge in [0.05, 0.1) is 11.1 Å². The number of amides is 1. The zero-order valence-corrected chi connectivity index (χ0v) is 16.9. The molecule has 0 saturated carbocycles. The number of carbonyl (C=O) groups is 1. The molecule has 1 aliphatic rings. The summed E-state index contributed by atoms with van der Waals surface area (Å²) in [5.41, 5.74) is 1.64. The summed E-state index contributed by atoms with van der Waals surface area (Å²) < 4.78 is 1.34. The Morgan fingerprint density at radius 1 is 1.03 bits per heavy atom. The Morgan fingerprint density at radius 3 is 2.38 bits per heavy atom. The molecule has 2 aromatic heterocycles. The number of rotatable bonds is 4. The third-order valence-corrected chi connectivity index (χ3v) is 5.57. The van der Waals surface area contributed by atoms with Gasteiger partial charge >= 0.3 is 0 Å². The summed E-state index contributed by atoms with van der Waals surface area (Å²) in [5, 5.41) is 6.03. The standard InChI is InChI=1S/C23H26N4O2/c1-16-11-17(2)14-26(13-16)22(28)15-27-23(29)20-6-4-3-5-19(20)21(25-27)12-18-7-9-24-10-8-18/h3-10,16-17H,11-15H2,1-2H3. The number of hydrogen-bond acceptors (Lipinski definition) is 4. The molecule has 150 valence electrons. The van der Waals surface area contributed by atoms with Gasteiger partial charge in [0.1, 0.15) is 6.54 Å². The van der Waals surface area contributed by atoms with Crippen molar-refractivity contribution in [1.29, 1.82) is 0 Å². The predicted octanol–water partition coefficient (Wildman–Crippen LogP) is 2.89. The molecule has 29 heavy (non-hydrogen) atoms. The first-order valence-electron chi connectivity index (χ1n) is 10.2. The molecule has 6 nitrogen and oxygen atoms in total. The molecule has 0 bridgehead atoms. The molecule has 0 spiro atoms. The molecule has 2 atom stereocenters. The molecular weight excluding hydrogens is 364 g/mol. The van der Waals surface area contributed by atoms with Crippen molar-refractivity contribution in [2.24, 2.45) is 11.8 Å². The Bertz CT molecular complexity index is 1070. The predicted molar refractivity (Wildman–Crippen MR) is 113 cm³/mol. The lowest BCUT2D eigenvalue weighted by Crippen LogP contribution is -2.45. The minimum absolute atomic E-state index is 0.0214. The lowest BCUT2D eigenvalue weighted by atomic mass is 9.92. The van der Waals surface area contributed by atoms with E-state index in [0.29, 0.717) is 23.6 Å². The van der Waals surface area contributed by atoms with Crippen LogP contribution < -0.4 is 5.56 Å². The lowest BCUT2D eigenvalue weighted by Gasteiger charge is -2.35. The van der Waals surface area contributed by atoms with E-state index in [1.165, 1.54) is 4.68 Å². The van der Waals surface area contributed by atoms with Crippen LogP contribution in [0, 0.1) is 11.8 Å². The highest BCUT2D eigenvalue weighted by Crippen LogP contribution is 2.21. The highest BCUT2D eigenvalue weighted by molar-refractivity contribution is 5.84. The first kappa shape index (κ1) is 19.3. The van der Waals surface area contributed by atoms with Crippen molar-refractivity contribution in [3.8, 4) is 0 Å². The van der Waals surface area contributed by atoms with Crippen LogP contribution in [0.1, 0.15) is 31.5 Å². The third-order valence-electron chi connectivity index (χ3n) is 5.57. The Balaban J connectivity index is 1.68. The van der Waals surface area contributed by atoms with Crippen LogP contribution in [0.3, 0.4) is 0 Å². The average Bonchev–Trinajstić information content (AvgIpc) is 2.71. The summed E-state index contributed by atoms with van der Waals surface area (Å²) in [6.07, 6.45) is 5.20. The molecule has 1 aromatic carbocycles. The van der Waals surface area contributed by atoms with Crippen LogP contribution in [0.4, 0.5) is 0 Å². The summed E-state index contributed by atoms with van der Waals surface area (Å²) in [5.74, 6) is 0.917. The largest absolute Gasteiger partial charge is 0.341 e. The Hall–Kier alpha value is -3.02. The van der Waals surface area contributed by atoms with Crippen molar-refractivity contribution in [2.45, 2.75) is 33.2 Å². The van der Waals surface area contributed by atoms with Crippen LogP contribution in [0.2, 0.25) is 0 Å². The van der Waals surface area contributed by atoms with Crippen molar-refractivity contribution in [1.82, 2.24) is 19.7 Å². The second-order valence-corrected chi connectivity index (χ2v) is 8.23. The van der Waals surface area contributed by atoms with Crippen LogP contribution in [0.15, 0.2) is 53.6 Å². The minimum atomic E-state index is -0.217. The van der Waals surface area contributed by atoms with Gasteiger partial charge in [-0.05, 0) is 42.0 Å². The van der Waals surface area contributed by atoms with E-state index >= 15 is 0 Å². The molecule has 1 saturated heterocycles. The molecule has 6 heteroatoms. The number of likely N-dealkylation sites (tertiary alicyclic amines) is 1. The van der Waals surface area contributed by atoms with Crippen LogP contribution in [0.5, 0.6) is 0 Å². The van der Waals surface area contributed by atoms with Gasteiger partial charge in [0.2, 0.25) is 5.91 Å². The van der Waals surface area contributed by atoms with Gasteiger partial charge in [-0.25, -0.2) is 4.68 Å². The average molecular weight is 390 g/mol. The Morgan fingerprint density at radius 2 is 1.69 bits per heavy atom. The first-order valence-corrected chi connectivity index (χ1v) is 10.2. The van der Waals surface area contributed by atoms with Crippen LogP contribution in [-0.4, -0.2) is 38.7 Å². The number of fused-ring (bicyclic) bond motifs is 1. The van der Waals surface area contributed by atoms with Crippen molar-refractivity contribution in [2.75, 3.05) is 13.1 Å². The SMILES string of the molecule is CC1CC(C)CN(C(=O)Cn2nc(Cc3ccncc3)c3ccccc3c2=O)C1. The minimum Gasteiger partial charge on any atom is -0.341 e. The van der Waals surface area contributed by atoms with Crippen LogP contribution in [0.25, 0.3) is 10.8 Å². The molecule has 1 fully saturated rings. The third kappa shape index (κ3) is 4.21. The van der Waals surface area contributed by atoms with Gasteiger partial charge in [0.25, 0.3) is 5.56 Å². The molecule has 3 aromatic rings. The number of nitrogens with zero attached hydrogens (tertiary/aromatic N) is 4. The molecule has 1 amide bonds. The number of pyridine rings is 1. The van der Waals surface area contributed by atoms with E-state index in [-0.39, 0.29) is 18.0 Å². The fourth-order valence-electron chi connectivity index (χ4n) is 4.33. The topological polar surface area (TPSA) is 68.1 Å². The van der Waals surface area contributed by atoms with Crippen molar-refractivity contribution < 1.29 is 4.79 Å². The lowest BCUT2D eigenvalue weighted by molar-refractivity contribution is -0.134. The molecule has 3 heterocycles. The summed E-state index contributed by atoms with van der Waals surface area (Å²) in [6.45, 7) is 5.81. The summed E-state index contributed by atoms with van der Waals surface area (Å²) in [7, 11) is 0. The van der Waals surface area contributed by atoms with E-state index in [0.717, 1.165) is 36.2 Å². The molecule has 1 aliphatic heterocycles. The number of piperidine rings is 1. The van der Waals surface area contributed by atoms with Gasteiger partial charge in [-0.3, -0.25) is 14.6 Å². The molecule has 4 rings (SSSR count). The second-order valence-electron chi connectivity index (χ2n) is 8.23. The molecule has 0 radical (unpaired) electrons. The summed E-state index contributed by atoms with van der Waals surface area (Å²) >= 11 is 0. The first-order chi connectivity index (χ1) is 14.0. The maximum Gasteiger partial charge on any atom is 0.275 e. The maximum absolute atomic E-state index is 13.0. The summed E-state index contributed by atoms with van der Waals surface area (Å²) in [4.78, 5) is 31.9. The number of hydrogen-bond donors (Lipinski definition) is 0. The molecule has 2 unspecified atom stereocenters. The van der Waals surface area contributed by atoms with E-state index in [1.807, 2.05) is 35.2 Å². The smallest absolute Gasteiger partial charge is 0.275 e. The van der Waals surface area contributed by atoms with Crippen LogP contribution in [-0.2, 0) is 17.8 Å². The monoisotopic (exact) mass is 390 g/mol. The van der Waals surface area contributed by atoms with E-state index in [1.54, 1.807) is 18.5 Å². The Kier molecular flexibility index (Phi) is 5.43. The fraction of sp³-hybridized carbons (Fsp3) is 0.391. The van der Waals surface area contributed by atoms with Crippen LogP contribution >= 0.6 is 0 Å². The van der Waals surface area contributed by atoms with Gasteiger partial charge in [-0.15, -0.1) is 0 Å². The zero-order chi connectivity index (χ0) is 20.4. The van der Waals surface area contributed by atoms with E-state index < -0.39 is 0 Å². The van der Waals surface area contributed by atoms with Gasteiger partial charge in [-0.1, -0.05) is 32.0 Å². The van der Waals surface area contributed by atoms with Crippen molar-refractivity contribution in [3.63, 3.8) is 0 Å². The highest BCUT2D eigenvalue weighted by atomic mass is 16.2. The van der Waals surface area contributed by atoms with Gasteiger partial charge in [0.15, 0.2) is 0 Å². The number of carbonyl (C=O) groups excluding carboxylic acids is 1. The van der Waals surface area contributed by atoms with E-state index in [9.17, 15) is 9.59 Å². The van der Waals surface area contributed by atoms with Gasteiger partial charge < -0.3 is 4.90 Å². The van der Waals surface area contributed by atoms with Crippen molar-refractivity contribution in [3.05, 3.63) is 70.4 Å². The maximum atomic E-state index is 13.0. The Labute approximate surface area is 170 Å². The highest BCUT2D eigenvalue weighted by Gasteiger charge is 2.26. The second kappa shape index (κ2) is 8.15. The van der Waals surface area contributed by atoms with E-state index in [2.05, 4.69) is 23.9 Å². The van der Waals surface area contributed by atoms with Crippen molar-refractivity contribution >= 4 is 16.7 Å². The fourth-order valence-corrected chi connectivity index (χ4v) is 4.33. The van der Waals surface area contributed by atoms with E-state index in [4.69, 9.17) is 0 Å². The zero-order valence-electron chi connectivity index (χ0n) is 16.9. The molecule has 0 N–H and O–H groups in total. The van der Waals surface area contributed by atoms with Gasteiger partial charge in [-0.2, -0.15) is 5.10 Å². The molecule has 0 aliphatic carbocycles. The quantitative estimate of drug-likeness (QED) is 0.687. The number of aromatic nitrogens is 3. The number of benzene rings is 1.